The summed E-state index contributed by atoms with van der Waals surface area (Å²) >= 11 is 0. The molecular weight excluding hydrogens is 222 g/mol. The molecule has 0 aromatic carbocycles. The molecule has 0 heterocycles. The maximum absolute atomic E-state index is 9.81. The van der Waals surface area contributed by atoms with Crippen LogP contribution in [0.5, 0.6) is 0 Å². The van der Waals surface area contributed by atoms with Crippen LogP contribution in [-0.2, 0) is 41.6 Å². The first-order chi connectivity index (χ1) is 3.13. The molecule has 0 radical (unpaired) electrons. The molecule has 0 aliphatic rings. The van der Waals surface area contributed by atoms with Crippen molar-refractivity contribution in [2.75, 3.05) is 0 Å². The fraction of sp³-hybridized carbons (Fsp3) is 0.500. The first-order valence-corrected chi connectivity index (χ1v) is 1.82. The zero-order valence-corrected chi connectivity index (χ0v) is 9.68. The van der Waals surface area contributed by atoms with E-state index in [1.807, 2.05) is 0 Å². The molecular formula is C4H9CdNO3. The van der Waals surface area contributed by atoms with Gasteiger partial charge in [-0.15, -0.1) is 0 Å². The van der Waals surface area contributed by atoms with Crippen molar-refractivity contribution in [3.8, 4) is 0 Å². The molecule has 3 N–H and O–H groups in total. The van der Waals surface area contributed by atoms with E-state index in [1.165, 1.54) is 13.8 Å². The zero-order valence-electron chi connectivity index (χ0n) is 5.64. The molecule has 0 atom stereocenters. The molecule has 0 aliphatic heterocycles. The van der Waals surface area contributed by atoms with Crippen molar-refractivity contribution in [2.24, 2.45) is 0 Å². The zero-order chi connectivity index (χ0) is 5.86. The van der Waals surface area contributed by atoms with Gasteiger partial charge in [0.15, 0.2) is 0 Å². The molecule has 0 aromatic rings. The minimum Gasteiger partial charge on any atom is -0.394 e. The molecule has 0 amide bonds. The minimum atomic E-state index is -0.562. The SMILES string of the molecule is CC(=O)OC(C)=O.N.[Cd]. The summed E-state index contributed by atoms with van der Waals surface area (Å²) < 4.78 is 3.97. The summed E-state index contributed by atoms with van der Waals surface area (Å²) in [5.74, 6) is -1.12. The quantitative estimate of drug-likeness (QED) is 0.368. The predicted octanol–water partition coefficient (Wildman–Crippen LogP) is 0.256. The number of carbonyl (C=O) groups excluding carboxylic acids is 2. The van der Waals surface area contributed by atoms with Crippen molar-refractivity contribution in [2.45, 2.75) is 13.8 Å². The summed E-state index contributed by atoms with van der Waals surface area (Å²) in [4.78, 5) is 19.6. The third-order valence-electron chi connectivity index (χ3n) is 0.287. The molecule has 9 heavy (non-hydrogen) atoms. The summed E-state index contributed by atoms with van der Waals surface area (Å²) in [5, 5.41) is 0. The van der Waals surface area contributed by atoms with E-state index in [1.54, 1.807) is 0 Å². The molecule has 0 fully saturated rings. The molecule has 0 aromatic heterocycles. The van der Waals surface area contributed by atoms with Gasteiger partial charge in [-0.3, -0.25) is 9.59 Å². The molecule has 0 bridgehead atoms. The molecule has 0 rings (SSSR count). The number of ether oxygens (including phenoxy) is 1. The van der Waals surface area contributed by atoms with Crippen LogP contribution in [-0.4, -0.2) is 11.9 Å². The first kappa shape index (κ1) is 16.0. The number of hydrogen-bond acceptors (Lipinski definition) is 4. The molecule has 4 nitrogen and oxygen atoms in total. The van der Waals surface area contributed by atoms with Crippen molar-refractivity contribution in [1.29, 1.82) is 0 Å². The second-order valence-electron chi connectivity index (χ2n) is 1.09. The molecule has 0 spiro atoms. The third kappa shape index (κ3) is 18.0. The van der Waals surface area contributed by atoms with Crippen molar-refractivity contribution < 1.29 is 41.6 Å². The Kier molecular flexibility index (Phi) is 14.3. The van der Waals surface area contributed by atoms with Crippen LogP contribution >= 0.6 is 0 Å². The smallest absolute Gasteiger partial charge is 0.310 e. The van der Waals surface area contributed by atoms with E-state index in [9.17, 15) is 9.59 Å². The Morgan fingerprint density at radius 1 is 1.11 bits per heavy atom. The van der Waals surface area contributed by atoms with Crippen molar-refractivity contribution >= 4 is 11.9 Å². The maximum atomic E-state index is 9.81. The van der Waals surface area contributed by atoms with Crippen LogP contribution in [0, 0.1) is 0 Å². The van der Waals surface area contributed by atoms with E-state index in [-0.39, 0.29) is 33.4 Å². The van der Waals surface area contributed by atoms with Crippen LogP contribution in [0.25, 0.3) is 0 Å². The number of rotatable bonds is 0. The van der Waals surface area contributed by atoms with E-state index in [4.69, 9.17) is 0 Å². The van der Waals surface area contributed by atoms with E-state index in [2.05, 4.69) is 4.74 Å². The Labute approximate surface area is 73.7 Å². The molecule has 0 unspecified atom stereocenters. The van der Waals surface area contributed by atoms with Gasteiger partial charge >= 0.3 is 11.9 Å². The van der Waals surface area contributed by atoms with Crippen molar-refractivity contribution in [3.63, 3.8) is 0 Å². The Balaban J connectivity index is -0.000000180. The Bertz CT molecular complexity index is 92.0. The van der Waals surface area contributed by atoms with Crippen LogP contribution in [0.4, 0.5) is 0 Å². The van der Waals surface area contributed by atoms with Gasteiger partial charge < -0.3 is 10.9 Å². The molecule has 0 saturated heterocycles. The van der Waals surface area contributed by atoms with E-state index >= 15 is 0 Å². The van der Waals surface area contributed by atoms with Gasteiger partial charge in [0.2, 0.25) is 0 Å². The van der Waals surface area contributed by atoms with Crippen LogP contribution in [0.2, 0.25) is 0 Å². The number of esters is 2. The van der Waals surface area contributed by atoms with E-state index in [0.717, 1.165) is 0 Å². The summed E-state index contributed by atoms with van der Waals surface area (Å²) in [6.45, 7) is 2.36. The average Bonchev–Trinajstić information content (AvgIpc) is 1.27. The van der Waals surface area contributed by atoms with Crippen LogP contribution in [0.3, 0.4) is 0 Å². The van der Waals surface area contributed by atoms with Crippen molar-refractivity contribution in [3.05, 3.63) is 0 Å². The van der Waals surface area contributed by atoms with Gasteiger partial charge in [0.25, 0.3) is 0 Å². The van der Waals surface area contributed by atoms with Gasteiger partial charge in [-0.05, 0) is 0 Å². The standard InChI is InChI=1S/C4H6O3.Cd.H3N/c1-3(5)7-4(2)6;;/h1-2H3;;1H3. The van der Waals surface area contributed by atoms with Crippen molar-refractivity contribution in [1.82, 2.24) is 6.15 Å². The van der Waals surface area contributed by atoms with Crippen LogP contribution < -0.4 is 6.15 Å². The molecule has 50 valence electrons. The van der Waals surface area contributed by atoms with Gasteiger partial charge in [0, 0.05) is 41.1 Å². The Hall–Kier alpha value is 0.0221. The van der Waals surface area contributed by atoms with Gasteiger partial charge in [-0.1, -0.05) is 0 Å². The van der Waals surface area contributed by atoms with E-state index < -0.39 is 11.9 Å². The maximum Gasteiger partial charge on any atom is 0.310 e. The molecule has 0 aliphatic carbocycles. The van der Waals surface area contributed by atoms with E-state index in [0.29, 0.717) is 0 Å². The van der Waals surface area contributed by atoms with Gasteiger partial charge in [0.1, 0.15) is 0 Å². The van der Waals surface area contributed by atoms with Gasteiger partial charge in [-0.25, -0.2) is 0 Å². The predicted molar refractivity (Wildman–Crippen MR) is 27.5 cm³/mol. The van der Waals surface area contributed by atoms with Crippen LogP contribution in [0.1, 0.15) is 13.8 Å². The molecule has 5 heteroatoms. The number of hydrogen-bond donors (Lipinski definition) is 1. The van der Waals surface area contributed by atoms with Crippen LogP contribution in [0.15, 0.2) is 0 Å². The van der Waals surface area contributed by atoms with Gasteiger partial charge in [0.05, 0.1) is 0 Å². The average molecular weight is 232 g/mol. The summed E-state index contributed by atoms with van der Waals surface area (Å²) in [7, 11) is 0. The van der Waals surface area contributed by atoms with Gasteiger partial charge in [-0.2, -0.15) is 0 Å². The fourth-order valence-electron chi connectivity index (χ4n) is 0.202. The Morgan fingerprint density at radius 3 is 1.33 bits per heavy atom. The largest absolute Gasteiger partial charge is 0.394 e. The topological polar surface area (TPSA) is 78.4 Å². The second kappa shape index (κ2) is 8.02. The third-order valence-corrected chi connectivity index (χ3v) is 0.287. The second-order valence-corrected chi connectivity index (χ2v) is 1.09. The molecule has 0 saturated carbocycles. The number of carbonyl (C=O) groups is 2. The summed E-state index contributed by atoms with van der Waals surface area (Å²) in [5.41, 5.74) is 0. The minimum absolute atomic E-state index is 0. The monoisotopic (exact) mass is 233 g/mol. The fourth-order valence-corrected chi connectivity index (χ4v) is 0.202. The Morgan fingerprint density at radius 2 is 1.33 bits per heavy atom. The summed E-state index contributed by atoms with van der Waals surface area (Å²) in [6, 6.07) is 0. The summed E-state index contributed by atoms with van der Waals surface area (Å²) in [6.07, 6.45) is 0. The first-order valence-electron chi connectivity index (χ1n) is 1.82. The normalized spacial score (nSPS) is 6.00.